The van der Waals surface area contributed by atoms with Crippen LogP contribution in [0.4, 0.5) is 0 Å². The van der Waals surface area contributed by atoms with E-state index in [2.05, 4.69) is 10.2 Å². The first-order valence-electron chi connectivity index (χ1n) is 10.4. The highest BCUT2D eigenvalue weighted by atomic mass is 32.2. The molecule has 0 amide bonds. The lowest BCUT2D eigenvalue weighted by Gasteiger charge is -2.27. The van der Waals surface area contributed by atoms with Gasteiger partial charge in [-0.3, -0.25) is 9.69 Å². The van der Waals surface area contributed by atoms with E-state index < -0.39 is 10.0 Å². The van der Waals surface area contributed by atoms with E-state index in [4.69, 9.17) is 4.74 Å². The zero-order valence-electron chi connectivity index (χ0n) is 17.5. The maximum absolute atomic E-state index is 13.1. The molecule has 8 nitrogen and oxygen atoms in total. The summed E-state index contributed by atoms with van der Waals surface area (Å²) in [6.07, 6.45) is 4.19. The van der Waals surface area contributed by atoms with E-state index in [0.29, 0.717) is 39.9 Å². The predicted octanol–water partition coefficient (Wildman–Crippen LogP) is 2.18. The number of ether oxygens (including phenoxy) is 1. The minimum atomic E-state index is -3.52. The average Bonchev–Trinajstić information content (AvgIpc) is 3.30. The lowest BCUT2D eigenvalue weighted by atomic mass is 10.0. The molecule has 0 spiro atoms. The summed E-state index contributed by atoms with van der Waals surface area (Å²) in [4.78, 5) is 15.3. The summed E-state index contributed by atoms with van der Waals surface area (Å²) in [7, 11) is -3.52. The Morgan fingerprint density at radius 2 is 1.91 bits per heavy atom. The Hall–Kier alpha value is -3.14. The molecule has 32 heavy (non-hydrogen) atoms. The van der Waals surface area contributed by atoms with Gasteiger partial charge in [0.1, 0.15) is 11.5 Å². The van der Waals surface area contributed by atoms with E-state index in [1.165, 1.54) is 16.2 Å². The topological polar surface area (TPSA) is 101 Å². The van der Waals surface area contributed by atoms with Gasteiger partial charge in [-0.25, -0.2) is 12.4 Å². The molecular formula is C23H23N3O5S. The highest BCUT2D eigenvalue weighted by molar-refractivity contribution is 7.89. The van der Waals surface area contributed by atoms with Crippen LogP contribution in [0.15, 0.2) is 48.4 Å². The Morgan fingerprint density at radius 1 is 1.16 bits per heavy atom. The zero-order valence-corrected chi connectivity index (χ0v) is 18.4. The van der Waals surface area contributed by atoms with Crippen molar-refractivity contribution in [3.8, 4) is 11.5 Å². The molecule has 0 unspecified atom stereocenters. The van der Waals surface area contributed by atoms with Crippen molar-refractivity contribution in [2.24, 2.45) is 0 Å². The number of benzene rings is 2. The third-order valence-corrected chi connectivity index (χ3v) is 6.88. The summed E-state index contributed by atoms with van der Waals surface area (Å²) in [6, 6.07) is 10.2. The second kappa shape index (κ2) is 7.77. The highest BCUT2D eigenvalue weighted by Crippen LogP contribution is 2.40. The lowest BCUT2D eigenvalue weighted by molar-refractivity contribution is 0.101. The number of carbonyl (C=O) groups is 1. The van der Waals surface area contributed by atoms with Crippen LogP contribution in [0.25, 0.3) is 17.0 Å². The molecule has 1 aromatic heterocycles. The van der Waals surface area contributed by atoms with E-state index in [0.717, 1.165) is 32.4 Å². The number of para-hydroxylation sites is 1. The Bertz CT molecular complexity index is 1370. The number of hydrogen-bond acceptors (Lipinski definition) is 7. The third-order valence-electron chi connectivity index (χ3n) is 5.86. The summed E-state index contributed by atoms with van der Waals surface area (Å²) in [5, 5.41) is 14.5. The van der Waals surface area contributed by atoms with Gasteiger partial charge in [-0.15, -0.1) is 0 Å². The van der Waals surface area contributed by atoms with Gasteiger partial charge in [-0.1, -0.05) is 18.2 Å². The Labute approximate surface area is 185 Å². The van der Waals surface area contributed by atoms with Gasteiger partial charge in [-0.05, 0) is 24.3 Å². The van der Waals surface area contributed by atoms with Crippen LogP contribution in [-0.2, 0) is 16.6 Å². The molecule has 2 N–H and O–H groups in total. The van der Waals surface area contributed by atoms with Crippen LogP contribution in [0.3, 0.4) is 0 Å². The van der Waals surface area contributed by atoms with E-state index in [9.17, 15) is 18.3 Å². The predicted molar refractivity (Wildman–Crippen MR) is 121 cm³/mol. The summed E-state index contributed by atoms with van der Waals surface area (Å²) < 4.78 is 31.6. The molecule has 0 saturated carbocycles. The number of Topliss-reactive ketones (excluding diaryl/α,β-unsaturated/α-hetero) is 1. The van der Waals surface area contributed by atoms with Crippen LogP contribution in [0.1, 0.15) is 21.5 Å². The van der Waals surface area contributed by atoms with Crippen molar-refractivity contribution in [2.45, 2.75) is 6.54 Å². The number of aromatic hydroxyl groups is 1. The molecule has 0 aliphatic carbocycles. The first kappa shape index (κ1) is 20.7. The van der Waals surface area contributed by atoms with Gasteiger partial charge in [-0.2, -0.15) is 0 Å². The van der Waals surface area contributed by atoms with Crippen molar-refractivity contribution in [1.82, 2.24) is 14.2 Å². The smallest absolute Gasteiger partial charge is 0.236 e. The molecule has 2 aromatic carbocycles. The van der Waals surface area contributed by atoms with Gasteiger partial charge in [0.15, 0.2) is 5.76 Å². The number of nitrogens with zero attached hydrogens (tertiary/aromatic N) is 2. The molecule has 0 bridgehead atoms. The van der Waals surface area contributed by atoms with Crippen LogP contribution in [0.5, 0.6) is 11.5 Å². The van der Waals surface area contributed by atoms with Crippen LogP contribution in [-0.4, -0.2) is 60.6 Å². The van der Waals surface area contributed by atoms with E-state index in [1.807, 2.05) is 6.07 Å². The maximum Gasteiger partial charge on any atom is 0.236 e. The molecule has 2 aliphatic rings. The molecule has 3 aromatic rings. The van der Waals surface area contributed by atoms with Crippen LogP contribution in [0, 0.1) is 0 Å². The Kier molecular flexibility index (Phi) is 5.04. The van der Waals surface area contributed by atoms with Crippen molar-refractivity contribution >= 4 is 32.8 Å². The van der Waals surface area contributed by atoms with Gasteiger partial charge in [0.25, 0.3) is 0 Å². The lowest BCUT2D eigenvalue weighted by Crippen LogP contribution is -2.42. The normalized spacial score (nSPS) is 18.3. The number of aromatic nitrogens is 1. The van der Waals surface area contributed by atoms with Crippen molar-refractivity contribution in [3.05, 3.63) is 65.0 Å². The molecule has 3 heterocycles. The number of hydrogen-bond donors (Lipinski definition) is 2. The number of allylic oxidation sites excluding steroid dienone is 1. The fourth-order valence-corrected chi connectivity index (χ4v) is 5.07. The minimum absolute atomic E-state index is 0.0880. The number of piperazine rings is 1. The standard InChI is InChI=1S/C23H23N3O5S/c1-32(29,30)26-13-15(16-4-2-3-5-19(16)26)12-21-22(28)17-6-7-20(27)18(23(17)31-21)14-25-10-8-24-9-11-25/h2-7,12-13,24,27H,8-11,14H2,1H3. The van der Waals surface area contributed by atoms with Crippen molar-refractivity contribution in [2.75, 3.05) is 32.4 Å². The molecule has 166 valence electrons. The number of ketones is 1. The summed E-state index contributed by atoms with van der Waals surface area (Å²) in [5.41, 5.74) is 2.07. The fraction of sp³-hybridized carbons (Fsp3) is 0.261. The second-order valence-electron chi connectivity index (χ2n) is 8.07. The molecule has 1 saturated heterocycles. The zero-order chi connectivity index (χ0) is 22.5. The van der Waals surface area contributed by atoms with Crippen molar-refractivity contribution < 1.29 is 23.1 Å². The number of carbonyl (C=O) groups excluding carboxylic acids is 1. The quantitative estimate of drug-likeness (QED) is 0.584. The third kappa shape index (κ3) is 3.58. The van der Waals surface area contributed by atoms with Gasteiger partial charge >= 0.3 is 0 Å². The summed E-state index contributed by atoms with van der Waals surface area (Å²) >= 11 is 0. The fourth-order valence-electron chi connectivity index (χ4n) is 4.25. The molecule has 5 rings (SSSR count). The number of fused-ring (bicyclic) bond motifs is 2. The maximum atomic E-state index is 13.1. The average molecular weight is 454 g/mol. The van der Waals surface area contributed by atoms with Crippen LogP contribution in [0.2, 0.25) is 0 Å². The Morgan fingerprint density at radius 3 is 2.66 bits per heavy atom. The Balaban J connectivity index is 1.55. The van der Waals surface area contributed by atoms with Crippen molar-refractivity contribution in [3.63, 3.8) is 0 Å². The van der Waals surface area contributed by atoms with E-state index in [-0.39, 0.29) is 17.3 Å². The van der Waals surface area contributed by atoms with E-state index in [1.54, 1.807) is 30.3 Å². The number of rotatable bonds is 4. The highest BCUT2D eigenvalue weighted by Gasteiger charge is 2.32. The van der Waals surface area contributed by atoms with Gasteiger partial charge in [0.05, 0.1) is 22.9 Å². The minimum Gasteiger partial charge on any atom is -0.507 e. The first-order valence-corrected chi connectivity index (χ1v) is 12.2. The van der Waals surface area contributed by atoms with Crippen LogP contribution >= 0.6 is 0 Å². The molecular weight excluding hydrogens is 430 g/mol. The molecule has 0 radical (unpaired) electrons. The molecule has 9 heteroatoms. The second-order valence-corrected chi connectivity index (χ2v) is 9.93. The largest absolute Gasteiger partial charge is 0.507 e. The summed E-state index contributed by atoms with van der Waals surface area (Å²) in [6.45, 7) is 3.89. The van der Waals surface area contributed by atoms with E-state index >= 15 is 0 Å². The summed E-state index contributed by atoms with van der Waals surface area (Å²) in [5.74, 6) is 0.262. The van der Waals surface area contributed by atoms with Crippen LogP contribution < -0.4 is 10.1 Å². The SMILES string of the molecule is CS(=O)(=O)n1cc(C=C2Oc3c(ccc(O)c3CN3CCNCC3)C2=O)c2ccccc21. The molecule has 0 atom stereocenters. The van der Waals surface area contributed by atoms with Crippen molar-refractivity contribution in [1.29, 1.82) is 0 Å². The number of phenolic OH excluding ortho intramolecular Hbond substituents is 1. The molecule has 2 aliphatic heterocycles. The van der Waals surface area contributed by atoms with Gasteiger partial charge in [0.2, 0.25) is 15.8 Å². The van der Waals surface area contributed by atoms with Gasteiger partial charge < -0.3 is 15.2 Å². The number of nitrogens with one attached hydrogen (secondary N) is 1. The monoisotopic (exact) mass is 453 g/mol. The number of phenols is 1. The molecule has 1 fully saturated rings. The first-order chi connectivity index (χ1) is 15.3. The van der Waals surface area contributed by atoms with Gasteiger partial charge in [0, 0.05) is 49.9 Å².